The molecule has 66 heavy (non-hydrogen) atoms. The predicted molar refractivity (Wildman–Crippen MR) is 251 cm³/mol. The second-order valence-electron chi connectivity index (χ2n) is 15.1. The van der Waals surface area contributed by atoms with E-state index in [1.54, 1.807) is 26.0 Å². The van der Waals surface area contributed by atoms with Crippen LogP contribution in [0, 0.1) is 0 Å². The fourth-order valence-corrected chi connectivity index (χ4v) is 6.78. The monoisotopic (exact) mass is 950 g/mol. The van der Waals surface area contributed by atoms with Gasteiger partial charge in [-0.15, -0.1) is 0 Å². The lowest BCUT2D eigenvalue weighted by Crippen LogP contribution is -2.44. The average Bonchev–Trinajstić information content (AvgIpc) is 3.29. The number of aliphatic hydroxyl groups is 2. The summed E-state index contributed by atoms with van der Waals surface area (Å²) in [6.07, 6.45) is 0.542. The van der Waals surface area contributed by atoms with E-state index in [0.29, 0.717) is 29.3 Å². The van der Waals surface area contributed by atoms with E-state index in [1.807, 2.05) is 98.8 Å². The molecule has 0 fully saturated rings. The Kier molecular flexibility index (Phi) is 24.5. The van der Waals surface area contributed by atoms with E-state index in [4.69, 9.17) is 42.1 Å². The highest BCUT2D eigenvalue weighted by atomic mass is 35.5. The van der Waals surface area contributed by atoms with Crippen molar-refractivity contribution in [3.05, 3.63) is 118 Å². The van der Waals surface area contributed by atoms with Gasteiger partial charge in [0, 0.05) is 35.0 Å². The van der Waals surface area contributed by atoms with Gasteiger partial charge in [-0.05, 0) is 97.2 Å². The van der Waals surface area contributed by atoms with Crippen LogP contribution in [0.1, 0.15) is 77.3 Å². The van der Waals surface area contributed by atoms with Crippen molar-refractivity contribution in [3.63, 3.8) is 0 Å². The van der Waals surface area contributed by atoms with Crippen LogP contribution >= 0.6 is 23.2 Å². The van der Waals surface area contributed by atoms with Gasteiger partial charge in [0.1, 0.15) is 0 Å². The van der Waals surface area contributed by atoms with Crippen molar-refractivity contribution in [2.24, 2.45) is 0 Å². The number of nitrogens with one attached hydrogen (secondary N) is 2. The van der Waals surface area contributed by atoms with E-state index in [9.17, 15) is 39.0 Å². The Morgan fingerprint density at radius 1 is 0.515 bits per heavy atom. The summed E-state index contributed by atoms with van der Waals surface area (Å²) in [4.78, 5) is 72.1. The number of carbonyl (C=O) groups is 6. The van der Waals surface area contributed by atoms with Gasteiger partial charge in [-0.2, -0.15) is 0 Å². The maximum atomic E-state index is 12.4. The van der Waals surface area contributed by atoms with Gasteiger partial charge in [-0.3, -0.25) is 9.59 Å². The molecule has 0 unspecified atom stereocenters. The van der Waals surface area contributed by atoms with E-state index in [-0.39, 0.29) is 45.7 Å². The number of hydrogen-bond acceptors (Lipinski definition) is 12. The molecule has 0 radical (unpaired) electrons. The van der Waals surface area contributed by atoms with Gasteiger partial charge in [-0.1, -0.05) is 123 Å². The molecule has 0 spiro atoms. The highest BCUT2D eigenvalue weighted by Gasteiger charge is 2.28. The number of ether oxygens (including phenoxy) is 4. The van der Waals surface area contributed by atoms with E-state index >= 15 is 0 Å². The van der Waals surface area contributed by atoms with Crippen molar-refractivity contribution in [1.82, 2.24) is 10.6 Å². The smallest absolute Gasteiger partial charge is 0.396 e. The van der Waals surface area contributed by atoms with Crippen molar-refractivity contribution in [3.8, 4) is 22.3 Å². The molecule has 0 saturated carbocycles. The number of halogens is 2. The van der Waals surface area contributed by atoms with Crippen LogP contribution in [0.2, 0.25) is 10.0 Å². The van der Waals surface area contributed by atoms with Gasteiger partial charge in [0.05, 0.1) is 26.4 Å². The normalized spacial score (nSPS) is 12.5. The summed E-state index contributed by atoms with van der Waals surface area (Å²) in [5, 5.41) is 26.9. The molecule has 4 atom stereocenters. The molecule has 0 saturated heterocycles. The van der Waals surface area contributed by atoms with Crippen LogP contribution in [0.15, 0.2) is 97.1 Å². The number of esters is 4. The third-order valence-electron chi connectivity index (χ3n) is 9.82. The lowest BCUT2D eigenvalue weighted by molar-refractivity contribution is -0.156. The van der Waals surface area contributed by atoms with E-state index in [0.717, 1.165) is 46.2 Å². The minimum atomic E-state index is -1.43. The van der Waals surface area contributed by atoms with Gasteiger partial charge in [0.15, 0.2) is 12.2 Å². The maximum absolute atomic E-state index is 12.4. The Bertz CT molecular complexity index is 2170. The summed E-state index contributed by atoms with van der Waals surface area (Å²) in [6, 6.07) is 28.8. The molecule has 4 rings (SSSR count). The molecule has 16 heteroatoms. The third kappa shape index (κ3) is 19.7. The SMILES string of the molecule is CCCCOC(=O)C(=O)N[C@H](Cc1ccc(-c2cccc(Cl)c2)cc1)C[C@@H](O)C(=O)OCCCC.CCOC(=O)C(=O)N[C@H](Cc1ccc(-c2cccc(Cl)c2)cc1)C[C@@H](O)C(=O)OCC. The highest BCUT2D eigenvalue weighted by molar-refractivity contribution is 6.33. The van der Waals surface area contributed by atoms with Crippen LogP contribution < -0.4 is 10.6 Å². The number of amides is 2. The molecular weight excluding hydrogens is 891 g/mol. The molecule has 2 amide bonds. The number of hydrogen-bond donors (Lipinski definition) is 4. The molecule has 4 aromatic rings. The summed E-state index contributed by atoms with van der Waals surface area (Å²) >= 11 is 12.1. The fourth-order valence-electron chi connectivity index (χ4n) is 6.40. The zero-order chi connectivity index (χ0) is 48.4. The highest BCUT2D eigenvalue weighted by Crippen LogP contribution is 2.25. The van der Waals surface area contributed by atoms with Crippen LogP contribution in [0.5, 0.6) is 0 Å². The molecule has 0 aliphatic rings. The van der Waals surface area contributed by atoms with Crippen LogP contribution in [0.4, 0.5) is 0 Å². The van der Waals surface area contributed by atoms with Gasteiger partial charge < -0.3 is 39.8 Å². The van der Waals surface area contributed by atoms with Crippen molar-refractivity contribution >= 4 is 58.9 Å². The topological polar surface area (TPSA) is 204 Å². The molecule has 4 N–H and O–H groups in total. The summed E-state index contributed by atoms with van der Waals surface area (Å²) < 4.78 is 19.6. The zero-order valence-corrected chi connectivity index (χ0v) is 39.3. The second kappa shape index (κ2) is 29.7. The quantitative estimate of drug-likeness (QED) is 0.0264. The zero-order valence-electron chi connectivity index (χ0n) is 37.8. The molecule has 0 aliphatic heterocycles. The van der Waals surface area contributed by atoms with Crippen molar-refractivity contribution in [1.29, 1.82) is 0 Å². The van der Waals surface area contributed by atoms with E-state index in [1.165, 1.54) is 0 Å². The largest absolute Gasteiger partial charge is 0.464 e. The molecule has 14 nitrogen and oxygen atoms in total. The summed E-state index contributed by atoms with van der Waals surface area (Å²) in [7, 11) is 0. The van der Waals surface area contributed by atoms with Crippen LogP contribution in [0.3, 0.4) is 0 Å². The summed E-state index contributed by atoms with van der Waals surface area (Å²) in [5.41, 5.74) is 5.56. The van der Waals surface area contributed by atoms with Crippen LogP contribution in [0.25, 0.3) is 22.3 Å². The average molecular weight is 952 g/mol. The van der Waals surface area contributed by atoms with Crippen molar-refractivity contribution in [2.75, 3.05) is 26.4 Å². The maximum Gasteiger partial charge on any atom is 0.396 e. The molecule has 0 bridgehead atoms. The molecule has 356 valence electrons. The summed E-state index contributed by atoms with van der Waals surface area (Å²) in [5.74, 6) is -5.38. The lowest BCUT2D eigenvalue weighted by Gasteiger charge is -2.21. The first-order chi connectivity index (χ1) is 31.7. The molecule has 0 aliphatic carbocycles. The Labute approximate surface area is 396 Å². The minimum Gasteiger partial charge on any atom is -0.464 e. The fraction of sp³-hybridized carbons (Fsp3) is 0.400. The molecule has 0 heterocycles. The lowest BCUT2D eigenvalue weighted by atomic mass is 9.98. The van der Waals surface area contributed by atoms with Crippen molar-refractivity contribution < 1.29 is 57.9 Å². The molecule has 0 aromatic heterocycles. The minimum absolute atomic E-state index is 0.0628. The van der Waals surface area contributed by atoms with Crippen LogP contribution in [-0.4, -0.2) is 96.6 Å². The number of rotatable bonds is 22. The van der Waals surface area contributed by atoms with E-state index < -0.39 is 60.0 Å². The third-order valence-corrected chi connectivity index (χ3v) is 10.3. The van der Waals surface area contributed by atoms with Gasteiger partial charge in [0.2, 0.25) is 0 Å². The number of carbonyl (C=O) groups excluding carboxylic acids is 6. The van der Waals surface area contributed by atoms with Gasteiger partial charge in [0.25, 0.3) is 0 Å². The van der Waals surface area contributed by atoms with E-state index in [2.05, 4.69) is 10.6 Å². The molecular formula is C50H60Cl2N2O12. The summed E-state index contributed by atoms with van der Waals surface area (Å²) in [6.45, 7) is 7.70. The Balaban J connectivity index is 0.000000353. The standard InChI is InChI=1S/C27H34ClNO6.C23H26ClNO6/c1-3-5-14-34-26(32)24(30)18-23(29-25(31)27(33)35-15-6-4-2)16-19-10-12-20(13-11-19)21-8-7-9-22(28)17-21;1-3-30-22(28)20(26)14-19(25-21(27)23(29)31-4-2)12-15-8-10-16(11-9-15)17-6-5-7-18(24)13-17/h7-13,17,23-24,30H,3-6,14-16,18H2,1-2H3,(H,29,31);5-11,13,19-20,26H,3-4,12,14H2,1-2H3,(H,25,27)/t23-,24-;19-,20-/m11/s1. The first kappa shape index (κ1) is 54.5. The first-order valence-electron chi connectivity index (χ1n) is 22.0. The Morgan fingerprint density at radius 3 is 1.30 bits per heavy atom. The Morgan fingerprint density at radius 2 is 0.909 bits per heavy atom. The first-order valence-corrected chi connectivity index (χ1v) is 22.8. The van der Waals surface area contributed by atoms with Gasteiger partial charge in [-0.25, -0.2) is 19.2 Å². The number of unbranched alkanes of at least 4 members (excludes halogenated alkanes) is 2. The predicted octanol–water partition coefficient (Wildman–Crippen LogP) is 7.38. The number of benzene rings is 4. The number of aliphatic hydroxyl groups excluding tert-OH is 2. The van der Waals surface area contributed by atoms with Crippen molar-refractivity contribution in [2.45, 2.75) is 103 Å². The molecule has 4 aromatic carbocycles. The Hall–Kier alpha value is -5.80. The van der Waals surface area contributed by atoms with Gasteiger partial charge >= 0.3 is 35.7 Å². The van der Waals surface area contributed by atoms with Crippen LogP contribution in [-0.2, 0) is 60.6 Å². The second-order valence-corrected chi connectivity index (χ2v) is 16.0.